The first-order valence-corrected chi connectivity index (χ1v) is 37.1. The fourth-order valence-corrected chi connectivity index (χ4v) is 15.6. The summed E-state index contributed by atoms with van der Waals surface area (Å²) in [5, 5.41) is -0.135. The first-order valence-electron chi connectivity index (χ1n) is 28.1. The van der Waals surface area contributed by atoms with Crippen LogP contribution in [-0.4, -0.2) is 136 Å². The Morgan fingerprint density at radius 2 is 1.37 bits per heavy atom. The van der Waals surface area contributed by atoms with E-state index in [1.54, 1.807) is 100 Å². The summed E-state index contributed by atoms with van der Waals surface area (Å²) >= 11 is 2.41. The van der Waals surface area contributed by atoms with E-state index in [0.717, 1.165) is 30.1 Å². The summed E-state index contributed by atoms with van der Waals surface area (Å²) in [6, 6.07) is 22.1. The summed E-state index contributed by atoms with van der Waals surface area (Å²) in [6.07, 6.45) is 1.30. The molecule has 0 aromatic heterocycles. The summed E-state index contributed by atoms with van der Waals surface area (Å²) in [5.74, 6) is -0.789. The second-order valence-corrected chi connectivity index (χ2v) is 37.4. The van der Waals surface area contributed by atoms with Gasteiger partial charge in [0.1, 0.15) is 23.2 Å². The van der Waals surface area contributed by atoms with Crippen LogP contribution in [0.1, 0.15) is 121 Å². The first-order chi connectivity index (χ1) is 37.1. The lowest BCUT2D eigenvalue weighted by Gasteiger charge is -2.42. The van der Waals surface area contributed by atoms with Gasteiger partial charge in [0.25, 0.3) is 0 Å². The molecule has 0 N–H and O–H groups in total. The Morgan fingerprint density at radius 3 is 1.92 bits per heavy atom. The molecule has 3 aliphatic rings. The fourth-order valence-electron chi connectivity index (χ4n) is 10.5. The molecule has 0 radical (unpaired) electrons. The van der Waals surface area contributed by atoms with Gasteiger partial charge >= 0.3 is 11.9 Å². The van der Waals surface area contributed by atoms with Crippen molar-refractivity contribution in [2.75, 3.05) is 44.7 Å². The second-order valence-electron chi connectivity index (χ2n) is 25.0. The van der Waals surface area contributed by atoms with Crippen molar-refractivity contribution in [3.63, 3.8) is 0 Å². The van der Waals surface area contributed by atoms with Gasteiger partial charge in [-0.15, -0.1) is 0 Å². The number of hydrogen-bond donors (Lipinski definition) is 0. The molecule has 3 fully saturated rings. The molecule has 3 saturated heterocycles. The first kappa shape index (κ1) is 65.0. The van der Waals surface area contributed by atoms with Gasteiger partial charge in [0.05, 0.1) is 91.9 Å². The van der Waals surface area contributed by atoms with Gasteiger partial charge < -0.3 is 46.7 Å². The maximum Gasteiger partial charge on any atom is 0.338 e. The predicted octanol–water partition coefficient (Wildman–Crippen LogP) is 13.0. The average Bonchev–Trinajstić information content (AvgIpc) is 4.19. The van der Waals surface area contributed by atoms with E-state index in [1.807, 2.05) is 0 Å². The van der Waals surface area contributed by atoms with E-state index in [4.69, 9.17) is 46.7 Å². The number of sulfone groups is 1. The zero-order valence-corrected chi connectivity index (χ0v) is 54.4. The van der Waals surface area contributed by atoms with Gasteiger partial charge in [0.2, 0.25) is 0 Å². The van der Waals surface area contributed by atoms with Crippen LogP contribution in [0.4, 0.5) is 0 Å². The average molecular weight is 1260 g/mol. The molecule has 14 nitrogen and oxygen atoms in total. The fraction of sp³-hybridized carbons (Fsp3) is 0.639. The van der Waals surface area contributed by atoms with E-state index in [0.29, 0.717) is 54.1 Å². The van der Waals surface area contributed by atoms with Gasteiger partial charge in [-0.2, -0.15) is 0 Å². The van der Waals surface area contributed by atoms with Crippen molar-refractivity contribution in [2.24, 2.45) is 11.8 Å². The van der Waals surface area contributed by atoms with Crippen LogP contribution < -0.4 is 9.47 Å². The molecule has 18 heteroatoms. The number of ether oxygens (including phenoxy) is 8. The van der Waals surface area contributed by atoms with Crippen molar-refractivity contribution in [1.82, 2.24) is 0 Å². The molecule has 0 aliphatic carbocycles. The third-order valence-electron chi connectivity index (χ3n) is 17.4. The Bertz CT molecular complexity index is 2570. The van der Waals surface area contributed by atoms with Crippen molar-refractivity contribution < 1.29 is 64.8 Å². The van der Waals surface area contributed by atoms with Gasteiger partial charge in [0, 0.05) is 36.7 Å². The number of hydrogen-bond acceptors (Lipinski definition) is 14. The zero-order valence-electron chi connectivity index (χ0n) is 49.5. The Morgan fingerprint density at radius 1 is 0.772 bits per heavy atom. The number of benzene rings is 3. The molecular formula is C61H91IO14SSi2. The molecule has 2 unspecified atom stereocenters. The van der Waals surface area contributed by atoms with Crippen LogP contribution in [0, 0.1) is 11.8 Å². The molecule has 3 aromatic carbocycles. The largest absolute Gasteiger partial charge is 0.497 e. The Labute approximate surface area is 488 Å². The molecule has 0 spiro atoms. The van der Waals surface area contributed by atoms with E-state index in [-0.39, 0.29) is 70.1 Å². The molecule has 440 valence electrons. The highest BCUT2D eigenvalue weighted by molar-refractivity contribution is 14.1. The summed E-state index contributed by atoms with van der Waals surface area (Å²) in [4.78, 5) is 27.2. The van der Waals surface area contributed by atoms with Crippen LogP contribution in [0.15, 0.2) is 95.9 Å². The number of fused-ring (bicyclic) bond motifs is 1. The summed E-state index contributed by atoms with van der Waals surface area (Å²) in [7, 11) is -3.70. The number of carbonyl (C=O) groups excluding carboxylic acids is 2. The van der Waals surface area contributed by atoms with Gasteiger partial charge in [0.15, 0.2) is 26.5 Å². The summed E-state index contributed by atoms with van der Waals surface area (Å²) in [6.45, 7) is 29.6. The highest BCUT2D eigenvalue weighted by Crippen LogP contribution is 2.47. The quantitative estimate of drug-likeness (QED) is 0.0177. The minimum atomic E-state index is -3.87. The molecule has 11 atom stereocenters. The van der Waals surface area contributed by atoms with Crippen LogP contribution in [0.25, 0.3) is 0 Å². The number of esters is 2. The molecule has 3 aromatic rings. The number of carbonyl (C=O) groups is 2. The third-order valence-corrected chi connectivity index (χ3v) is 29.6. The number of rotatable bonds is 27. The molecule has 79 heavy (non-hydrogen) atoms. The Kier molecular flexibility index (Phi) is 22.6. The third kappa shape index (κ3) is 16.8. The Hall–Kier alpha value is -3.19. The number of methoxy groups -OCH3 is 3. The molecule has 0 amide bonds. The van der Waals surface area contributed by atoms with Gasteiger partial charge in [-0.1, -0.05) is 95.8 Å². The minimum absolute atomic E-state index is 0.0375. The number of halogens is 1. The molecule has 6 rings (SSSR count). The van der Waals surface area contributed by atoms with Crippen molar-refractivity contribution >= 4 is 61.0 Å². The van der Waals surface area contributed by atoms with Crippen LogP contribution in [0.2, 0.25) is 36.3 Å². The van der Waals surface area contributed by atoms with E-state index >= 15 is 0 Å². The maximum absolute atomic E-state index is 14.5. The summed E-state index contributed by atoms with van der Waals surface area (Å²) < 4.78 is 93.8. The zero-order chi connectivity index (χ0) is 58.1. The molecule has 3 aliphatic heterocycles. The van der Waals surface area contributed by atoms with Crippen molar-refractivity contribution in [3.8, 4) is 11.5 Å². The lowest BCUT2D eigenvalue weighted by molar-refractivity contribution is -0.155. The summed E-state index contributed by atoms with van der Waals surface area (Å²) in [5.41, 5.74) is 0.989. The topological polar surface area (TPSA) is 161 Å². The van der Waals surface area contributed by atoms with Crippen molar-refractivity contribution in [3.05, 3.63) is 102 Å². The van der Waals surface area contributed by atoms with E-state index in [9.17, 15) is 18.0 Å². The van der Waals surface area contributed by atoms with Crippen molar-refractivity contribution in [1.29, 1.82) is 0 Å². The highest BCUT2D eigenvalue weighted by atomic mass is 127. The van der Waals surface area contributed by atoms with Crippen LogP contribution >= 0.6 is 22.6 Å². The smallest absolute Gasteiger partial charge is 0.338 e. The van der Waals surface area contributed by atoms with E-state index in [2.05, 4.69) is 104 Å². The minimum Gasteiger partial charge on any atom is -0.497 e. The lowest BCUT2D eigenvalue weighted by atomic mass is 9.83. The van der Waals surface area contributed by atoms with Crippen LogP contribution in [0.3, 0.4) is 0 Å². The standard InChI is InChI=1S/C61H91IO14SSi2/c1-41(34-47-31-32-55-61(40-62,75-47)37-48(72-55)20-19-33-70-57(63)43-23-27-45(67-9)28-24-43)42(2)52(74-58(64)44-25-29-46(68-10)30-26-44)36-53-51(39-77(65,66)50-21-17-16-18-22-50)56(69-11)54(73-53)35-49(76-79(14,15)60(6,7)8)38-71-78(12,13)59(3,4)5/h16-18,21-30,41,47-49,51-56H,2,19-20,31-40H2,1,3-15H3/t41-,47-,48?,49+,51?,52-,53+,54-,55+,56-,61-/m1/s1. The highest BCUT2D eigenvalue weighted by Gasteiger charge is 2.53. The van der Waals surface area contributed by atoms with Crippen LogP contribution in [0.5, 0.6) is 11.5 Å². The molecule has 3 heterocycles. The van der Waals surface area contributed by atoms with Crippen molar-refractivity contribution in [2.45, 2.75) is 195 Å². The van der Waals surface area contributed by atoms with Crippen LogP contribution in [-0.2, 0) is 47.1 Å². The maximum atomic E-state index is 14.5. The number of alkyl halides is 1. The normalized spacial score (nSPS) is 25.0. The van der Waals surface area contributed by atoms with Gasteiger partial charge in [-0.3, -0.25) is 0 Å². The van der Waals surface area contributed by atoms with E-state index in [1.165, 1.54) is 0 Å². The SMILES string of the molecule is C=C([C@H](C)C[C@H]1CC[C@@H]2OC(CCCOC(=O)c3ccc(OC)cc3)C[C@]2(CI)O1)[C@@H](C[C@@H]1O[C@H](C[C@@H](CO[Si](C)(C)C(C)(C)C)O[Si](C)(C)C(C)(C)C)[C@H](OC)C1CS(=O)(=O)c1ccccc1)OC(=O)c1ccc(OC)cc1. The monoisotopic (exact) mass is 1260 g/mol. The van der Waals surface area contributed by atoms with Gasteiger partial charge in [-0.25, -0.2) is 18.0 Å². The Balaban J connectivity index is 1.24. The lowest BCUT2D eigenvalue weighted by Crippen LogP contribution is -2.50. The molecule has 0 saturated carbocycles. The van der Waals surface area contributed by atoms with E-state index < -0.39 is 68.4 Å². The second kappa shape index (κ2) is 27.5. The predicted molar refractivity (Wildman–Crippen MR) is 323 cm³/mol. The molecular weight excluding hydrogens is 1170 g/mol. The molecule has 0 bridgehead atoms. The van der Waals surface area contributed by atoms with Gasteiger partial charge in [-0.05, 0) is 141 Å².